The van der Waals surface area contributed by atoms with E-state index < -0.39 is 23.5 Å². The number of aliphatic hydroxyl groups excluding tert-OH is 1. The van der Waals surface area contributed by atoms with Crippen LogP contribution in [0.1, 0.15) is 43.5 Å². The van der Waals surface area contributed by atoms with Gasteiger partial charge in [0.15, 0.2) is 0 Å². The van der Waals surface area contributed by atoms with E-state index in [0.717, 1.165) is 5.56 Å². The molecule has 1 saturated heterocycles. The maximum atomic E-state index is 13.6. The molecular formula is C29H28FNO5. The molecule has 0 saturated carbocycles. The Bertz CT molecular complexity index is 1340. The summed E-state index contributed by atoms with van der Waals surface area (Å²) in [6.45, 7) is 6.04. The molecule has 1 fully saturated rings. The molecule has 6 nitrogen and oxygen atoms in total. The minimum atomic E-state index is -0.929. The third-order valence-corrected chi connectivity index (χ3v) is 6.26. The second-order valence-electron chi connectivity index (χ2n) is 9.58. The summed E-state index contributed by atoms with van der Waals surface area (Å²) in [6, 6.07) is 16.4. The van der Waals surface area contributed by atoms with Gasteiger partial charge < -0.3 is 14.6 Å². The average molecular weight is 490 g/mol. The van der Waals surface area contributed by atoms with Crippen LogP contribution in [0.3, 0.4) is 0 Å². The first-order valence-electron chi connectivity index (χ1n) is 11.5. The van der Waals surface area contributed by atoms with E-state index in [4.69, 9.17) is 9.47 Å². The number of Topliss-reactive ketones (excluding diaryl/α,β-unsaturated/α-hetero) is 1. The van der Waals surface area contributed by atoms with Crippen LogP contribution >= 0.6 is 0 Å². The fourth-order valence-corrected chi connectivity index (χ4v) is 4.40. The Labute approximate surface area is 209 Å². The Hall–Kier alpha value is -4.13. The molecule has 0 spiro atoms. The second-order valence-corrected chi connectivity index (χ2v) is 9.58. The number of carbonyl (C=O) groups excluding carboxylic acids is 2. The molecule has 0 bridgehead atoms. The van der Waals surface area contributed by atoms with Crippen molar-refractivity contribution in [2.45, 2.75) is 32.2 Å². The summed E-state index contributed by atoms with van der Waals surface area (Å²) in [5.74, 6) is -1.16. The largest absolute Gasteiger partial charge is 0.507 e. The van der Waals surface area contributed by atoms with E-state index >= 15 is 0 Å². The maximum absolute atomic E-state index is 13.6. The van der Waals surface area contributed by atoms with Gasteiger partial charge in [-0.15, -0.1) is 0 Å². The van der Waals surface area contributed by atoms with Crippen molar-refractivity contribution in [1.29, 1.82) is 0 Å². The van der Waals surface area contributed by atoms with E-state index in [9.17, 15) is 19.1 Å². The van der Waals surface area contributed by atoms with Gasteiger partial charge in [-0.1, -0.05) is 32.9 Å². The van der Waals surface area contributed by atoms with Crippen molar-refractivity contribution >= 4 is 23.1 Å². The molecule has 4 rings (SSSR count). The summed E-state index contributed by atoms with van der Waals surface area (Å²) < 4.78 is 24.4. The van der Waals surface area contributed by atoms with Crippen LogP contribution in [-0.2, 0) is 15.0 Å². The quantitative estimate of drug-likeness (QED) is 0.280. The van der Waals surface area contributed by atoms with Crippen LogP contribution in [0.15, 0.2) is 72.3 Å². The number of halogens is 1. The first-order valence-corrected chi connectivity index (χ1v) is 11.5. The number of ketones is 1. The van der Waals surface area contributed by atoms with Crippen LogP contribution < -0.4 is 14.4 Å². The number of rotatable bonds is 5. The van der Waals surface area contributed by atoms with Gasteiger partial charge in [-0.05, 0) is 65.6 Å². The Morgan fingerprint density at radius 3 is 2.11 bits per heavy atom. The first kappa shape index (κ1) is 25.0. The molecule has 1 unspecified atom stereocenters. The predicted molar refractivity (Wildman–Crippen MR) is 136 cm³/mol. The van der Waals surface area contributed by atoms with Crippen molar-refractivity contribution in [2.75, 3.05) is 19.1 Å². The Morgan fingerprint density at radius 2 is 1.56 bits per heavy atom. The summed E-state index contributed by atoms with van der Waals surface area (Å²) in [6.07, 6.45) is 0. The van der Waals surface area contributed by atoms with Gasteiger partial charge in [-0.3, -0.25) is 14.5 Å². The molecule has 3 aromatic rings. The summed E-state index contributed by atoms with van der Waals surface area (Å²) >= 11 is 0. The van der Waals surface area contributed by atoms with Crippen LogP contribution in [0, 0.1) is 5.82 Å². The Balaban J connectivity index is 1.94. The highest BCUT2D eigenvalue weighted by molar-refractivity contribution is 6.51. The molecule has 1 atom stereocenters. The number of nitrogens with zero attached hydrogens (tertiary/aromatic N) is 1. The minimum absolute atomic E-state index is 0.0560. The molecule has 1 aliphatic heterocycles. The number of benzene rings is 3. The topological polar surface area (TPSA) is 76.1 Å². The monoisotopic (exact) mass is 489 g/mol. The van der Waals surface area contributed by atoms with E-state index in [2.05, 4.69) is 0 Å². The van der Waals surface area contributed by atoms with Gasteiger partial charge in [-0.25, -0.2) is 4.39 Å². The van der Waals surface area contributed by atoms with Crippen LogP contribution in [0.2, 0.25) is 0 Å². The lowest BCUT2D eigenvalue weighted by Gasteiger charge is -2.26. The fourth-order valence-electron chi connectivity index (χ4n) is 4.40. The molecule has 1 heterocycles. The highest BCUT2D eigenvalue weighted by atomic mass is 19.1. The number of amides is 1. The van der Waals surface area contributed by atoms with Crippen LogP contribution in [0.4, 0.5) is 10.1 Å². The summed E-state index contributed by atoms with van der Waals surface area (Å²) in [5.41, 5.74) is 1.78. The number of anilines is 1. The predicted octanol–water partition coefficient (Wildman–Crippen LogP) is 5.77. The van der Waals surface area contributed by atoms with Crippen molar-refractivity contribution in [3.05, 3.63) is 94.8 Å². The van der Waals surface area contributed by atoms with E-state index in [0.29, 0.717) is 28.3 Å². The lowest BCUT2D eigenvalue weighted by Crippen LogP contribution is -2.29. The minimum Gasteiger partial charge on any atom is -0.507 e. The number of aliphatic hydroxyl groups is 1. The average Bonchev–Trinajstić information content (AvgIpc) is 3.13. The van der Waals surface area contributed by atoms with Crippen LogP contribution in [0.5, 0.6) is 11.5 Å². The normalized spacial score (nSPS) is 17.4. The zero-order valence-corrected chi connectivity index (χ0v) is 20.8. The molecular weight excluding hydrogens is 461 g/mol. The van der Waals surface area contributed by atoms with Gasteiger partial charge in [0, 0.05) is 16.8 Å². The number of ether oxygens (including phenoxy) is 2. The van der Waals surface area contributed by atoms with Crippen LogP contribution in [0.25, 0.3) is 5.76 Å². The van der Waals surface area contributed by atoms with Gasteiger partial charge >= 0.3 is 0 Å². The maximum Gasteiger partial charge on any atom is 0.300 e. The standard InChI is InChI=1S/C29H28FNO5/c1-29(2,3)22-16-18(8-15-23(22)36-5)26(32)24-25(17-6-13-21(35-4)14-7-17)31(28(34)27(24)33)20-11-9-19(30)10-12-20/h6-16,25,32H,1-5H3/b26-24-. The lowest BCUT2D eigenvalue weighted by molar-refractivity contribution is -0.132. The number of methoxy groups -OCH3 is 2. The number of hydrogen-bond acceptors (Lipinski definition) is 5. The Kier molecular flexibility index (Phi) is 6.59. The summed E-state index contributed by atoms with van der Waals surface area (Å²) in [7, 11) is 3.11. The zero-order chi connectivity index (χ0) is 26.2. The second kappa shape index (κ2) is 9.49. The first-order chi connectivity index (χ1) is 17.1. The van der Waals surface area contributed by atoms with Crippen molar-refractivity contribution in [3.8, 4) is 11.5 Å². The van der Waals surface area contributed by atoms with Gasteiger partial charge in [0.25, 0.3) is 11.7 Å². The molecule has 0 aromatic heterocycles. The third-order valence-electron chi connectivity index (χ3n) is 6.26. The van der Waals surface area contributed by atoms with Crippen LogP contribution in [-0.4, -0.2) is 31.0 Å². The molecule has 186 valence electrons. The molecule has 0 radical (unpaired) electrons. The van der Waals surface area contributed by atoms with E-state index in [-0.39, 0.29) is 16.7 Å². The molecule has 7 heteroatoms. The van der Waals surface area contributed by atoms with Crippen molar-refractivity contribution in [1.82, 2.24) is 0 Å². The van der Waals surface area contributed by atoms with E-state index in [1.54, 1.807) is 49.6 Å². The van der Waals surface area contributed by atoms with Gasteiger partial charge in [0.2, 0.25) is 0 Å². The van der Waals surface area contributed by atoms with Gasteiger partial charge in [0.1, 0.15) is 23.1 Å². The smallest absolute Gasteiger partial charge is 0.300 e. The molecule has 1 amide bonds. The third kappa shape index (κ3) is 4.44. The number of carbonyl (C=O) groups is 2. The number of hydrogen-bond donors (Lipinski definition) is 1. The SMILES string of the molecule is COc1ccc(C2/C(=C(/O)c3ccc(OC)c(C(C)(C)C)c3)C(=O)C(=O)N2c2ccc(F)cc2)cc1. The molecule has 1 N–H and O–H groups in total. The highest BCUT2D eigenvalue weighted by Crippen LogP contribution is 2.43. The molecule has 3 aromatic carbocycles. The highest BCUT2D eigenvalue weighted by Gasteiger charge is 2.47. The van der Waals surface area contributed by atoms with Gasteiger partial charge in [0.05, 0.1) is 25.8 Å². The van der Waals surface area contributed by atoms with Crippen molar-refractivity contribution in [3.63, 3.8) is 0 Å². The van der Waals surface area contributed by atoms with Gasteiger partial charge in [-0.2, -0.15) is 0 Å². The van der Waals surface area contributed by atoms with E-state index in [1.807, 2.05) is 20.8 Å². The summed E-state index contributed by atoms with van der Waals surface area (Å²) in [4.78, 5) is 27.9. The molecule has 0 aliphatic carbocycles. The Morgan fingerprint density at radius 1 is 0.917 bits per heavy atom. The molecule has 1 aliphatic rings. The lowest BCUT2D eigenvalue weighted by atomic mass is 9.84. The summed E-state index contributed by atoms with van der Waals surface area (Å²) in [5, 5.41) is 11.5. The molecule has 36 heavy (non-hydrogen) atoms. The van der Waals surface area contributed by atoms with Crippen molar-refractivity contribution < 1.29 is 28.6 Å². The zero-order valence-electron chi connectivity index (χ0n) is 20.8. The van der Waals surface area contributed by atoms with E-state index in [1.165, 1.54) is 36.3 Å². The fraction of sp³-hybridized carbons (Fsp3) is 0.241. The van der Waals surface area contributed by atoms with Crippen molar-refractivity contribution in [2.24, 2.45) is 0 Å².